The van der Waals surface area contributed by atoms with Crippen LogP contribution >= 0.6 is 0 Å². The van der Waals surface area contributed by atoms with Crippen molar-refractivity contribution >= 4 is 16.7 Å². The Morgan fingerprint density at radius 2 is 2.15 bits per heavy atom. The predicted molar refractivity (Wildman–Crippen MR) is 107 cm³/mol. The lowest BCUT2D eigenvalue weighted by molar-refractivity contribution is 0.296. The van der Waals surface area contributed by atoms with Gasteiger partial charge in [0.15, 0.2) is 0 Å². The molecule has 142 valence electrons. The summed E-state index contributed by atoms with van der Waals surface area (Å²) < 4.78 is 7.80. The molecule has 27 heavy (non-hydrogen) atoms. The molecule has 0 radical (unpaired) electrons. The number of rotatable bonds is 8. The fourth-order valence-electron chi connectivity index (χ4n) is 3.01. The molecule has 1 saturated carbocycles. The Balaban J connectivity index is 1.49. The van der Waals surface area contributed by atoms with Gasteiger partial charge in [-0.25, -0.2) is 4.98 Å². The zero-order valence-corrected chi connectivity index (χ0v) is 16.3. The Hall–Kier alpha value is -2.63. The van der Waals surface area contributed by atoms with Crippen molar-refractivity contribution in [1.82, 2.24) is 19.7 Å². The van der Waals surface area contributed by atoms with Crippen molar-refractivity contribution in [3.63, 3.8) is 0 Å². The van der Waals surface area contributed by atoms with Gasteiger partial charge in [-0.2, -0.15) is 5.10 Å². The summed E-state index contributed by atoms with van der Waals surface area (Å²) in [7, 11) is 0. The second-order valence-electron chi connectivity index (χ2n) is 7.89. The van der Waals surface area contributed by atoms with Gasteiger partial charge in [0.2, 0.25) is 0 Å². The summed E-state index contributed by atoms with van der Waals surface area (Å²) in [5.41, 5.74) is 3.04. The molecule has 4 rings (SSSR count). The number of aryl methyl sites for hydroxylation is 1. The first-order valence-electron chi connectivity index (χ1n) is 9.73. The number of anilines is 1. The quantitative estimate of drug-likeness (QED) is 0.653. The molecule has 1 aliphatic carbocycles. The van der Waals surface area contributed by atoms with Crippen LogP contribution in [0.2, 0.25) is 0 Å². The van der Waals surface area contributed by atoms with Crippen molar-refractivity contribution in [2.24, 2.45) is 11.8 Å². The molecule has 3 aromatic heterocycles. The van der Waals surface area contributed by atoms with Crippen LogP contribution in [0.25, 0.3) is 10.9 Å². The fourth-order valence-corrected chi connectivity index (χ4v) is 3.01. The number of hydrogen-bond donors (Lipinski definition) is 1. The van der Waals surface area contributed by atoms with Crippen LogP contribution < -0.4 is 10.1 Å². The van der Waals surface area contributed by atoms with Crippen LogP contribution in [0.15, 0.2) is 30.7 Å². The van der Waals surface area contributed by atoms with Crippen LogP contribution in [0.3, 0.4) is 0 Å². The molecule has 1 aliphatic rings. The van der Waals surface area contributed by atoms with E-state index in [9.17, 15) is 0 Å². The maximum atomic E-state index is 5.87. The van der Waals surface area contributed by atoms with Gasteiger partial charge in [-0.1, -0.05) is 13.8 Å². The number of fused-ring (bicyclic) bond motifs is 1. The van der Waals surface area contributed by atoms with E-state index >= 15 is 0 Å². The van der Waals surface area contributed by atoms with E-state index in [4.69, 9.17) is 4.74 Å². The summed E-state index contributed by atoms with van der Waals surface area (Å²) in [6.07, 6.45) is 8.27. The Morgan fingerprint density at radius 3 is 2.89 bits per heavy atom. The average molecular weight is 365 g/mol. The number of nitrogens with zero attached hydrogens (tertiary/aromatic N) is 4. The highest BCUT2D eigenvalue weighted by Gasteiger charge is 2.22. The highest BCUT2D eigenvalue weighted by Crippen LogP contribution is 2.30. The van der Waals surface area contributed by atoms with Crippen LogP contribution in [-0.2, 0) is 6.54 Å². The third-order valence-corrected chi connectivity index (χ3v) is 4.77. The first-order chi connectivity index (χ1) is 13.1. The van der Waals surface area contributed by atoms with Gasteiger partial charge in [0.05, 0.1) is 35.9 Å². The Labute approximate surface area is 160 Å². The van der Waals surface area contributed by atoms with Gasteiger partial charge < -0.3 is 10.1 Å². The molecule has 6 nitrogen and oxygen atoms in total. The molecule has 0 amide bonds. The molecular weight excluding hydrogens is 338 g/mol. The van der Waals surface area contributed by atoms with Crippen LogP contribution in [0, 0.1) is 18.8 Å². The lowest BCUT2D eigenvalue weighted by atomic mass is 10.2. The first-order valence-corrected chi connectivity index (χ1v) is 9.73. The molecule has 0 unspecified atom stereocenters. The van der Waals surface area contributed by atoms with Crippen LogP contribution in [0.1, 0.15) is 37.9 Å². The van der Waals surface area contributed by atoms with Crippen molar-refractivity contribution in [3.8, 4) is 5.75 Å². The van der Waals surface area contributed by atoms with E-state index in [-0.39, 0.29) is 0 Å². The number of pyridine rings is 2. The fraction of sp³-hybridized carbons (Fsp3) is 0.476. The van der Waals surface area contributed by atoms with E-state index in [1.165, 1.54) is 12.8 Å². The van der Waals surface area contributed by atoms with E-state index in [0.717, 1.165) is 52.8 Å². The van der Waals surface area contributed by atoms with Crippen molar-refractivity contribution in [2.45, 2.75) is 40.2 Å². The first kappa shape index (κ1) is 17.8. The maximum absolute atomic E-state index is 5.87. The predicted octanol–water partition coefficient (Wildman–Crippen LogP) is 4.04. The van der Waals surface area contributed by atoms with E-state index in [0.29, 0.717) is 12.5 Å². The van der Waals surface area contributed by atoms with Gasteiger partial charge in [0.1, 0.15) is 11.6 Å². The Bertz CT molecular complexity index is 929. The van der Waals surface area contributed by atoms with Crippen LogP contribution in [0.4, 0.5) is 5.82 Å². The number of hydrogen-bond acceptors (Lipinski definition) is 5. The van der Waals surface area contributed by atoms with E-state index in [1.54, 1.807) is 6.20 Å². The minimum absolute atomic E-state index is 0.560. The average Bonchev–Trinajstić information content (AvgIpc) is 3.37. The molecule has 3 aromatic rings. The molecule has 3 heterocycles. The largest absolute Gasteiger partial charge is 0.491 e. The highest BCUT2D eigenvalue weighted by molar-refractivity contribution is 5.88. The van der Waals surface area contributed by atoms with Crippen molar-refractivity contribution in [1.29, 1.82) is 0 Å². The molecule has 0 spiro atoms. The second-order valence-corrected chi connectivity index (χ2v) is 7.89. The molecular formula is C21H27N5O. The monoisotopic (exact) mass is 365 g/mol. The summed E-state index contributed by atoms with van der Waals surface area (Å²) in [6.45, 7) is 8.77. The van der Waals surface area contributed by atoms with Gasteiger partial charge in [0, 0.05) is 18.9 Å². The number of ether oxygens (including phenoxy) is 1. The Kier molecular flexibility index (Phi) is 4.97. The van der Waals surface area contributed by atoms with Crippen molar-refractivity contribution in [2.75, 3.05) is 18.5 Å². The third-order valence-electron chi connectivity index (χ3n) is 4.77. The SMILES string of the molecule is Cc1cc(Cn2cc3c(NCC(C)C)nccc3n2)ncc1OCC1CC1. The summed E-state index contributed by atoms with van der Waals surface area (Å²) in [5.74, 6) is 3.08. The summed E-state index contributed by atoms with van der Waals surface area (Å²) in [5, 5.41) is 9.13. The molecule has 1 N–H and O–H groups in total. The molecule has 0 aromatic carbocycles. The normalized spacial score (nSPS) is 14.1. The van der Waals surface area contributed by atoms with Crippen LogP contribution in [-0.4, -0.2) is 32.9 Å². The molecule has 6 heteroatoms. The van der Waals surface area contributed by atoms with Gasteiger partial charge in [0.25, 0.3) is 0 Å². The van der Waals surface area contributed by atoms with E-state index in [2.05, 4.69) is 47.2 Å². The summed E-state index contributed by atoms with van der Waals surface area (Å²) in [4.78, 5) is 9.04. The highest BCUT2D eigenvalue weighted by atomic mass is 16.5. The zero-order valence-electron chi connectivity index (χ0n) is 16.3. The Morgan fingerprint density at radius 1 is 1.30 bits per heavy atom. The van der Waals surface area contributed by atoms with Crippen LogP contribution in [0.5, 0.6) is 5.75 Å². The molecule has 0 atom stereocenters. The standard InChI is InChI=1S/C21H27N5O/c1-14(2)9-24-21-18-12-26(25-19(18)6-7-22-21)11-17-8-15(3)20(10-23-17)27-13-16-4-5-16/h6-8,10,12,14,16H,4-5,9,11,13H2,1-3H3,(H,22,24). The minimum atomic E-state index is 0.560. The lowest BCUT2D eigenvalue weighted by Gasteiger charge is -2.09. The van der Waals surface area contributed by atoms with E-state index in [1.807, 2.05) is 23.1 Å². The summed E-state index contributed by atoms with van der Waals surface area (Å²) in [6, 6.07) is 4.03. The number of aromatic nitrogens is 4. The zero-order chi connectivity index (χ0) is 18.8. The molecule has 1 fully saturated rings. The third kappa shape index (κ3) is 4.38. The van der Waals surface area contributed by atoms with Gasteiger partial charge in [-0.3, -0.25) is 9.67 Å². The maximum Gasteiger partial charge on any atom is 0.140 e. The lowest BCUT2D eigenvalue weighted by Crippen LogP contribution is -2.09. The second kappa shape index (κ2) is 7.55. The van der Waals surface area contributed by atoms with Crippen molar-refractivity contribution < 1.29 is 4.74 Å². The molecule has 0 bridgehead atoms. The molecule has 0 saturated heterocycles. The minimum Gasteiger partial charge on any atom is -0.491 e. The van der Waals surface area contributed by atoms with Gasteiger partial charge in [-0.15, -0.1) is 0 Å². The van der Waals surface area contributed by atoms with Gasteiger partial charge in [-0.05, 0) is 49.3 Å². The smallest absolute Gasteiger partial charge is 0.140 e. The number of nitrogens with one attached hydrogen (secondary N) is 1. The summed E-state index contributed by atoms with van der Waals surface area (Å²) >= 11 is 0. The van der Waals surface area contributed by atoms with Gasteiger partial charge >= 0.3 is 0 Å². The van der Waals surface area contributed by atoms with Crippen molar-refractivity contribution in [3.05, 3.63) is 42.0 Å². The topological polar surface area (TPSA) is 64.9 Å². The molecule has 0 aliphatic heterocycles. The van der Waals surface area contributed by atoms with E-state index < -0.39 is 0 Å².